The maximum Gasteiger partial charge on any atom is 0.136 e. The van der Waals surface area contributed by atoms with Crippen molar-refractivity contribution in [3.05, 3.63) is 259 Å². The van der Waals surface area contributed by atoms with E-state index in [9.17, 15) is 0 Å². The Kier molecular flexibility index (Phi) is 7.85. The highest BCUT2D eigenvalue weighted by atomic mass is 16.3. The second-order valence-electron chi connectivity index (χ2n) is 16.7. The van der Waals surface area contributed by atoms with Crippen LogP contribution in [0.5, 0.6) is 0 Å². The fraction of sp³-hybridized carbons (Fsp3) is 0.0164. The standard InChI is InChI=1S/C61H39NO/c1-2-17-40(18-3-1)41-33-35-42(36-34-41)44-19-7-13-29-56(44)62(57-30-14-8-23-49(57)50-25-16-32-59-60(50)51-24-9-15-31-58(51)63-59)43-37-38-48-47-22-6-12-28-54(47)61(55(48)39-43)52-26-10-4-20-45(52)46-21-5-11-27-53(46)61/h1-39H. The van der Waals surface area contributed by atoms with Crippen molar-refractivity contribution in [2.75, 3.05) is 4.90 Å². The van der Waals surface area contributed by atoms with Crippen molar-refractivity contribution in [3.8, 4) is 55.6 Å². The molecule has 0 radical (unpaired) electrons. The molecule has 1 spiro atoms. The molecule has 1 aromatic heterocycles. The number of para-hydroxylation sites is 3. The third-order valence-electron chi connectivity index (χ3n) is 13.5. The molecule has 0 fully saturated rings. The van der Waals surface area contributed by atoms with E-state index in [1.807, 2.05) is 6.07 Å². The van der Waals surface area contributed by atoms with Gasteiger partial charge in [-0.3, -0.25) is 0 Å². The number of rotatable bonds is 6. The average Bonchev–Trinajstić information content (AvgIpc) is 3.99. The minimum atomic E-state index is -0.478. The molecule has 0 aliphatic heterocycles. The van der Waals surface area contributed by atoms with Crippen molar-refractivity contribution in [2.24, 2.45) is 0 Å². The van der Waals surface area contributed by atoms with E-state index in [1.54, 1.807) is 0 Å². The van der Waals surface area contributed by atoms with Crippen LogP contribution in [0.15, 0.2) is 241 Å². The third-order valence-corrected chi connectivity index (χ3v) is 13.5. The molecule has 2 heteroatoms. The number of fused-ring (bicyclic) bond motifs is 13. The molecule has 2 aliphatic rings. The predicted octanol–water partition coefficient (Wildman–Crippen LogP) is 16.4. The van der Waals surface area contributed by atoms with Crippen LogP contribution in [0.3, 0.4) is 0 Å². The lowest BCUT2D eigenvalue weighted by Gasteiger charge is -2.33. The van der Waals surface area contributed by atoms with Gasteiger partial charge in [0, 0.05) is 27.6 Å². The van der Waals surface area contributed by atoms with Crippen LogP contribution < -0.4 is 4.90 Å². The topological polar surface area (TPSA) is 16.4 Å². The lowest BCUT2D eigenvalue weighted by atomic mass is 9.70. The molecule has 0 unspecified atom stereocenters. The van der Waals surface area contributed by atoms with E-state index in [4.69, 9.17) is 4.42 Å². The van der Waals surface area contributed by atoms with Crippen molar-refractivity contribution in [2.45, 2.75) is 5.41 Å². The number of anilines is 3. The fourth-order valence-electron chi connectivity index (χ4n) is 10.9. The van der Waals surface area contributed by atoms with E-state index in [2.05, 4.69) is 235 Å². The minimum Gasteiger partial charge on any atom is -0.456 e. The zero-order valence-corrected chi connectivity index (χ0v) is 34.4. The van der Waals surface area contributed by atoms with Gasteiger partial charge in [-0.05, 0) is 103 Å². The summed E-state index contributed by atoms with van der Waals surface area (Å²) in [4.78, 5) is 2.50. The van der Waals surface area contributed by atoms with Crippen LogP contribution in [-0.4, -0.2) is 0 Å². The molecule has 11 aromatic rings. The molecule has 0 N–H and O–H groups in total. The molecule has 0 atom stereocenters. The maximum absolute atomic E-state index is 6.48. The van der Waals surface area contributed by atoms with Gasteiger partial charge in [0.2, 0.25) is 0 Å². The number of furan rings is 1. The summed E-state index contributed by atoms with van der Waals surface area (Å²) >= 11 is 0. The summed E-state index contributed by atoms with van der Waals surface area (Å²) in [7, 11) is 0. The highest BCUT2D eigenvalue weighted by molar-refractivity contribution is 6.14. The SMILES string of the molecule is c1ccc(-c2ccc(-c3ccccc3N(c3ccc4c(c3)C3(c5ccccc5-c5ccccc53)c3ccccc3-4)c3ccccc3-c3cccc4oc5ccccc5c34)cc2)cc1. The number of nitrogens with zero attached hydrogens (tertiary/aromatic N) is 1. The molecule has 294 valence electrons. The molecular formula is C61H39NO. The Hall–Kier alpha value is -8.20. The number of hydrogen-bond donors (Lipinski definition) is 0. The molecule has 1 heterocycles. The smallest absolute Gasteiger partial charge is 0.136 e. The predicted molar refractivity (Wildman–Crippen MR) is 261 cm³/mol. The normalized spacial score (nSPS) is 12.9. The second-order valence-corrected chi connectivity index (χ2v) is 16.7. The lowest BCUT2D eigenvalue weighted by molar-refractivity contribution is 0.669. The van der Waals surface area contributed by atoms with Crippen LogP contribution in [0, 0.1) is 0 Å². The fourth-order valence-corrected chi connectivity index (χ4v) is 10.9. The van der Waals surface area contributed by atoms with Gasteiger partial charge in [-0.15, -0.1) is 0 Å². The number of hydrogen-bond acceptors (Lipinski definition) is 2. The Labute approximate surface area is 366 Å². The van der Waals surface area contributed by atoms with Crippen molar-refractivity contribution in [3.63, 3.8) is 0 Å². The average molecular weight is 802 g/mol. The molecular weight excluding hydrogens is 763 g/mol. The zero-order chi connectivity index (χ0) is 41.5. The van der Waals surface area contributed by atoms with E-state index in [1.165, 1.54) is 55.6 Å². The summed E-state index contributed by atoms with van der Waals surface area (Å²) < 4.78 is 6.48. The molecule has 0 bridgehead atoms. The van der Waals surface area contributed by atoms with Gasteiger partial charge in [-0.1, -0.05) is 200 Å². The van der Waals surface area contributed by atoms with Gasteiger partial charge in [0.1, 0.15) is 11.2 Å². The molecule has 0 saturated carbocycles. The van der Waals surface area contributed by atoms with E-state index in [0.29, 0.717) is 0 Å². The monoisotopic (exact) mass is 801 g/mol. The van der Waals surface area contributed by atoms with Crippen LogP contribution in [0.1, 0.15) is 22.3 Å². The van der Waals surface area contributed by atoms with Gasteiger partial charge in [0.05, 0.1) is 16.8 Å². The van der Waals surface area contributed by atoms with Gasteiger partial charge in [0.15, 0.2) is 0 Å². The largest absolute Gasteiger partial charge is 0.456 e. The Morgan fingerprint density at radius 1 is 0.302 bits per heavy atom. The Bertz CT molecular complexity index is 3510. The first-order chi connectivity index (χ1) is 31.3. The summed E-state index contributed by atoms with van der Waals surface area (Å²) in [6.45, 7) is 0. The molecule has 0 amide bonds. The van der Waals surface area contributed by atoms with Crippen LogP contribution in [0.4, 0.5) is 17.1 Å². The molecule has 2 nitrogen and oxygen atoms in total. The highest BCUT2D eigenvalue weighted by Gasteiger charge is 2.51. The Morgan fingerprint density at radius 3 is 1.46 bits per heavy atom. The van der Waals surface area contributed by atoms with Gasteiger partial charge in [-0.25, -0.2) is 0 Å². The van der Waals surface area contributed by atoms with Gasteiger partial charge >= 0.3 is 0 Å². The van der Waals surface area contributed by atoms with Crippen LogP contribution in [0.25, 0.3) is 77.6 Å². The summed E-state index contributed by atoms with van der Waals surface area (Å²) in [6.07, 6.45) is 0. The summed E-state index contributed by atoms with van der Waals surface area (Å²) in [5.41, 5.74) is 22.0. The van der Waals surface area contributed by atoms with Crippen molar-refractivity contribution in [1.29, 1.82) is 0 Å². The quantitative estimate of drug-likeness (QED) is 0.167. The van der Waals surface area contributed by atoms with E-state index in [0.717, 1.165) is 61.3 Å². The van der Waals surface area contributed by atoms with Crippen LogP contribution in [-0.2, 0) is 5.41 Å². The van der Waals surface area contributed by atoms with Crippen LogP contribution >= 0.6 is 0 Å². The zero-order valence-electron chi connectivity index (χ0n) is 34.4. The highest BCUT2D eigenvalue weighted by Crippen LogP contribution is 2.63. The van der Waals surface area contributed by atoms with Crippen molar-refractivity contribution < 1.29 is 4.42 Å². The minimum absolute atomic E-state index is 0.478. The first-order valence-corrected chi connectivity index (χ1v) is 21.8. The first-order valence-electron chi connectivity index (χ1n) is 21.8. The molecule has 2 aliphatic carbocycles. The summed E-state index contributed by atoms with van der Waals surface area (Å²) in [5, 5.41) is 2.23. The second kappa shape index (κ2) is 13.9. The maximum atomic E-state index is 6.48. The van der Waals surface area contributed by atoms with Gasteiger partial charge in [-0.2, -0.15) is 0 Å². The third kappa shape index (κ3) is 5.19. The molecule has 10 aromatic carbocycles. The van der Waals surface area contributed by atoms with E-state index >= 15 is 0 Å². The van der Waals surface area contributed by atoms with Crippen molar-refractivity contribution in [1.82, 2.24) is 0 Å². The van der Waals surface area contributed by atoms with Gasteiger partial charge < -0.3 is 9.32 Å². The molecule has 63 heavy (non-hydrogen) atoms. The number of benzene rings is 10. The van der Waals surface area contributed by atoms with E-state index < -0.39 is 5.41 Å². The summed E-state index contributed by atoms with van der Waals surface area (Å²) in [5.74, 6) is 0. The molecule has 13 rings (SSSR count). The van der Waals surface area contributed by atoms with Crippen LogP contribution in [0.2, 0.25) is 0 Å². The lowest BCUT2D eigenvalue weighted by Crippen LogP contribution is -2.26. The first kappa shape index (κ1) is 35.5. The Balaban J connectivity index is 1.09. The van der Waals surface area contributed by atoms with E-state index in [-0.39, 0.29) is 0 Å². The molecule has 0 saturated heterocycles. The summed E-state index contributed by atoms with van der Waals surface area (Å²) in [6, 6.07) is 86.6. The van der Waals surface area contributed by atoms with Crippen molar-refractivity contribution >= 4 is 39.0 Å². The Morgan fingerprint density at radius 2 is 0.778 bits per heavy atom. The van der Waals surface area contributed by atoms with Gasteiger partial charge in [0.25, 0.3) is 0 Å².